The molecule has 0 aromatic heterocycles. The maximum absolute atomic E-state index is 5.81. The molecule has 0 unspecified atom stereocenters. The average molecular weight is 238 g/mol. The summed E-state index contributed by atoms with van der Waals surface area (Å²) >= 11 is 7.44. The van der Waals surface area contributed by atoms with Crippen molar-refractivity contribution in [1.29, 1.82) is 0 Å². The second kappa shape index (κ2) is 7.51. The van der Waals surface area contributed by atoms with Gasteiger partial charge >= 0.3 is 0 Å². The highest BCUT2D eigenvalue weighted by molar-refractivity contribution is 7.97. The maximum Gasteiger partial charge on any atom is 0.0344 e. The monoisotopic (exact) mass is 237 g/mol. The van der Waals surface area contributed by atoms with E-state index in [2.05, 4.69) is 12.1 Å². The Kier molecular flexibility index (Phi) is 7.57. The highest BCUT2D eigenvalue weighted by Gasteiger charge is 1.97. The van der Waals surface area contributed by atoms with E-state index in [1.165, 1.54) is 5.56 Å². The lowest BCUT2D eigenvalue weighted by Gasteiger charge is -2.08. The molecule has 0 atom stereocenters. The molecule has 0 fully saturated rings. The van der Waals surface area contributed by atoms with Crippen molar-refractivity contribution in [2.45, 2.75) is 12.7 Å². The standard InChI is InChI=1S/C9H12ClNS.ClH/c1-2-11(10)12-8-9-6-4-3-5-7-9;/h3-7H,2,8H2,1H3;1H. The van der Waals surface area contributed by atoms with Crippen molar-refractivity contribution in [3.8, 4) is 0 Å². The predicted octanol–water partition coefficient (Wildman–Crippen LogP) is 3.73. The van der Waals surface area contributed by atoms with Crippen LogP contribution in [0.4, 0.5) is 0 Å². The first kappa shape index (κ1) is 13.1. The summed E-state index contributed by atoms with van der Waals surface area (Å²) in [5.41, 5.74) is 1.31. The molecule has 0 N–H and O–H groups in total. The van der Waals surface area contributed by atoms with E-state index in [9.17, 15) is 0 Å². The van der Waals surface area contributed by atoms with E-state index in [1.54, 1.807) is 15.8 Å². The molecule has 0 saturated carbocycles. The number of hydrogen-bond acceptors (Lipinski definition) is 2. The van der Waals surface area contributed by atoms with E-state index >= 15 is 0 Å². The molecule has 0 saturated heterocycles. The van der Waals surface area contributed by atoms with Crippen LogP contribution in [0.3, 0.4) is 0 Å². The predicted molar refractivity (Wildman–Crippen MR) is 63.2 cm³/mol. The van der Waals surface area contributed by atoms with Gasteiger partial charge in [-0.05, 0) is 17.3 Å². The van der Waals surface area contributed by atoms with E-state index in [4.69, 9.17) is 11.8 Å². The Morgan fingerprint density at radius 1 is 1.31 bits per heavy atom. The Hall–Kier alpha value is 0.110. The van der Waals surface area contributed by atoms with Gasteiger partial charge in [0.2, 0.25) is 0 Å². The molecule has 0 aliphatic carbocycles. The highest BCUT2D eigenvalue weighted by atomic mass is 35.5. The molecule has 74 valence electrons. The molecule has 0 spiro atoms. The van der Waals surface area contributed by atoms with Gasteiger partial charge in [-0.3, -0.25) is 0 Å². The Bertz CT molecular complexity index is 218. The lowest BCUT2D eigenvalue weighted by molar-refractivity contribution is 0.768. The van der Waals surface area contributed by atoms with Crippen molar-refractivity contribution in [2.75, 3.05) is 6.54 Å². The minimum atomic E-state index is 0. The van der Waals surface area contributed by atoms with Crippen LogP contribution in [0, 0.1) is 0 Å². The van der Waals surface area contributed by atoms with Crippen LogP contribution in [0.15, 0.2) is 30.3 Å². The third-order valence-electron chi connectivity index (χ3n) is 1.46. The Labute approximate surface area is 95.1 Å². The van der Waals surface area contributed by atoms with Crippen LogP contribution < -0.4 is 0 Å². The molecule has 1 aromatic rings. The van der Waals surface area contributed by atoms with Crippen LogP contribution >= 0.6 is 36.1 Å². The van der Waals surface area contributed by atoms with Crippen LogP contribution in [0.25, 0.3) is 0 Å². The summed E-state index contributed by atoms with van der Waals surface area (Å²) < 4.78 is 1.72. The minimum absolute atomic E-state index is 0. The second-order valence-electron chi connectivity index (χ2n) is 2.39. The van der Waals surface area contributed by atoms with Crippen LogP contribution in [-0.4, -0.2) is 10.4 Å². The number of nitrogens with zero attached hydrogens (tertiary/aromatic N) is 1. The summed E-state index contributed by atoms with van der Waals surface area (Å²) in [6.45, 7) is 2.89. The molecule has 4 heteroatoms. The Balaban J connectivity index is 0.00000144. The Morgan fingerprint density at radius 2 is 1.92 bits per heavy atom. The summed E-state index contributed by atoms with van der Waals surface area (Å²) in [5, 5.41) is 0. The van der Waals surface area contributed by atoms with E-state index in [0.717, 1.165) is 12.3 Å². The minimum Gasteiger partial charge on any atom is -0.163 e. The number of rotatable bonds is 4. The highest BCUT2D eigenvalue weighted by Crippen LogP contribution is 2.17. The third-order valence-corrected chi connectivity index (χ3v) is 3.00. The lowest BCUT2D eigenvalue weighted by Crippen LogP contribution is -2.00. The van der Waals surface area contributed by atoms with Gasteiger partial charge in [-0.25, -0.2) is 0 Å². The first-order valence-corrected chi connectivity index (χ1v) is 5.21. The molecular weight excluding hydrogens is 225 g/mol. The number of benzene rings is 1. The SMILES string of the molecule is CCN(Cl)SCc1ccccc1.Cl. The topological polar surface area (TPSA) is 3.24 Å². The van der Waals surface area contributed by atoms with Gasteiger partial charge in [-0.15, -0.1) is 12.4 Å². The quantitative estimate of drug-likeness (QED) is 0.580. The first-order valence-electron chi connectivity index (χ1n) is 3.93. The van der Waals surface area contributed by atoms with E-state index in [0.29, 0.717) is 0 Å². The van der Waals surface area contributed by atoms with Crippen molar-refractivity contribution in [3.05, 3.63) is 35.9 Å². The smallest absolute Gasteiger partial charge is 0.0344 e. The lowest BCUT2D eigenvalue weighted by atomic mass is 10.2. The molecule has 0 heterocycles. The van der Waals surface area contributed by atoms with Crippen molar-refractivity contribution in [3.63, 3.8) is 0 Å². The molecule has 1 nitrogen and oxygen atoms in total. The fourth-order valence-corrected chi connectivity index (χ4v) is 1.62. The van der Waals surface area contributed by atoms with Gasteiger partial charge in [0.05, 0.1) is 0 Å². The van der Waals surface area contributed by atoms with Crippen molar-refractivity contribution >= 4 is 36.1 Å². The summed E-state index contributed by atoms with van der Waals surface area (Å²) in [6, 6.07) is 10.3. The summed E-state index contributed by atoms with van der Waals surface area (Å²) in [5.74, 6) is 0.943. The molecule has 0 bridgehead atoms. The number of hydrogen-bond donors (Lipinski definition) is 0. The van der Waals surface area contributed by atoms with Crippen LogP contribution in [0.5, 0.6) is 0 Å². The molecule has 0 aliphatic rings. The second-order valence-corrected chi connectivity index (χ2v) is 3.99. The van der Waals surface area contributed by atoms with Gasteiger partial charge in [0.15, 0.2) is 0 Å². The van der Waals surface area contributed by atoms with Gasteiger partial charge in [0.1, 0.15) is 0 Å². The van der Waals surface area contributed by atoms with Gasteiger partial charge in [-0.2, -0.15) is 3.82 Å². The molecule has 13 heavy (non-hydrogen) atoms. The average Bonchev–Trinajstić information content (AvgIpc) is 2.16. The van der Waals surface area contributed by atoms with Gasteiger partial charge in [0.25, 0.3) is 0 Å². The number of halogens is 2. The molecular formula is C9H13Cl2NS. The first-order chi connectivity index (χ1) is 5.83. The van der Waals surface area contributed by atoms with Gasteiger partial charge in [-0.1, -0.05) is 49.2 Å². The third kappa shape index (κ3) is 5.42. The fraction of sp³-hybridized carbons (Fsp3) is 0.333. The Morgan fingerprint density at radius 3 is 2.46 bits per heavy atom. The van der Waals surface area contributed by atoms with Gasteiger partial charge < -0.3 is 0 Å². The summed E-state index contributed by atoms with van der Waals surface area (Å²) in [7, 11) is 0. The van der Waals surface area contributed by atoms with Crippen LogP contribution in [-0.2, 0) is 5.75 Å². The molecule has 1 aromatic carbocycles. The molecule has 0 radical (unpaired) electrons. The fourth-order valence-electron chi connectivity index (χ4n) is 0.810. The normalized spacial score (nSPS) is 9.77. The zero-order valence-corrected chi connectivity index (χ0v) is 9.83. The van der Waals surface area contributed by atoms with Crippen molar-refractivity contribution in [1.82, 2.24) is 3.82 Å². The van der Waals surface area contributed by atoms with E-state index < -0.39 is 0 Å². The zero-order valence-electron chi connectivity index (χ0n) is 7.44. The van der Waals surface area contributed by atoms with Crippen molar-refractivity contribution in [2.24, 2.45) is 0 Å². The summed E-state index contributed by atoms with van der Waals surface area (Å²) in [4.78, 5) is 0. The van der Waals surface area contributed by atoms with Crippen LogP contribution in [0.2, 0.25) is 0 Å². The zero-order chi connectivity index (χ0) is 8.81. The maximum atomic E-state index is 5.81. The summed E-state index contributed by atoms with van der Waals surface area (Å²) in [6.07, 6.45) is 0. The molecule has 1 rings (SSSR count). The molecule has 0 aliphatic heterocycles. The van der Waals surface area contributed by atoms with E-state index in [-0.39, 0.29) is 12.4 Å². The van der Waals surface area contributed by atoms with Crippen LogP contribution in [0.1, 0.15) is 12.5 Å². The van der Waals surface area contributed by atoms with E-state index in [1.807, 2.05) is 25.1 Å². The molecule has 0 amide bonds. The van der Waals surface area contributed by atoms with Crippen molar-refractivity contribution < 1.29 is 0 Å². The largest absolute Gasteiger partial charge is 0.163 e. The van der Waals surface area contributed by atoms with Gasteiger partial charge in [0, 0.05) is 12.3 Å².